The first kappa shape index (κ1) is 11.9. The van der Waals surface area contributed by atoms with Crippen LogP contribution in [0.5, 0.6) is 5.75 Å². The van der Waals surface area contributed by atoms with Gasteiger partial charge < -0.3 is 9.64 Å². The Hall–Kier alpha value is -1.22. The van der Waals surface area contributed by atoms with Crippen LogP contribution >= 0.6 is 11.6 Å². The van der Waals surface area contributed by atoms with Gasteiger partial charge in [0.2, 0.25) is 5.91 Å². The Balaban J connectivity index is 2.60. The van der Waals surface area contributed by atoms with E-state index in [4.69, 9.17) is 16.3 Å². The molecule has 15 heavy (non-hydrogen) atoms. The van der Waals surface area contributed by atoms with E-state index >= 15 is 0 Å². The van der Waals surface area contributed by atoms with Crippen molar-refractivity contribution >= 4 is 17.5 Å². The highest BCUT2D eigenvalue weighted by Gasteiger charge is 2.06. The summed E-state index contributed by atoms with van der Waals surface area (Å²) in [6.07, 6.45) is 0. The smallest absolute Gasteiger partial charge is 0.237 e. The summed E-state index contributed by atoms with van der Waals surface area (Å²) in [4.78, 5) is 12.8. The standard InChI is InChI=1S/C11H14ClNO2/c1-13(11(14)7-12)8-9-3-5-10(15-2)6-4-9/h3-6H,7-8H2,1-2H3. The zero-order chi connectivity index (χ0) is 11.3. The Morgan fingerprint density at radius 3 is 2.47 bits per heavy atom. The molecule has 1 amide bonds. The molecule has 0 atom stereocenters. The van der Waals surface area contributed by atoms with Crippen molar-refractivity contribution in [2.24, 2.45) is 0 Å². The van der Waals surface area contributed by atoms with E-state index in [1.54, 1.807) is 19.1 Å². The van der Waals surface area contributed by atoms with Crippen molar-refractivity contribution in [3.63, 3.8) is 0 Å². The van der Waals surface area contributed by atoms with Crippen molar-refractivity contribution in [3.05, 3.63) is 29.8 Å². The van der Waals surface area contributed by atoms with Crippen LogP contribution in [0.15, 0.2) is 24.3 Å². The van der Waals surface area contributed by atoms with Gasteiger partial charge >= 0.3 is 0 Å². The maximum Gasteiger partial charge on any atom is 0.237 e. The number of carbonyl (C=O) groups excluding carboxylic acids is 1. The molecule has 0 fully saturated rings. The molecule has 3 nitrogen and oxygen atoms in total. The van der Waals surface area contributed by atoms with E-state index in [0.29, 0.717) is 6.54 Å². The van der Waals surface area contributed by atoms with Crippen LogP contribution in [0.2, 0.25) is 0 Å². The number of halogens is 1. The van der Waals surface area contributed by atoms with E-state index in [1.807, 2.05) is 24.3 Å². The van der Waals surface area contributed by atoms with Crippen LogP contribution in [-0.4, -0.2) is 30.8 Å². The van der Waals surface area contributed by atoms with Crippen molar-refractivity contribution < 1.29 is 9.53 Å². The molecular formula is C11H14ClNO2. The average molecular weight is 228 g/mol. The predicted molar refractivity (Wildman–Crippen MR) is 60.2 cm³/mol. The van der Waals surface area contributed by atoms with Crippen LogP contribution in [0.25, 0.3) is 0 Å². The first-order chi connectivity index (χ1) is 7.17. The van der Waals surface area contributed by atoms with Crippen LogP contribution in [-0.2, 0) is 11.3 Å². The lowest BCUT2D eigenvalue weighted by Crippen LogP contribution is -2.26. The molecule has 0 aliphatic rings. The Labute approximate surface area is 94.6 Å². The summed E-state index contributed by atoms with van der Waals surface area (Å²) >= 11 is 5.45. The SMILES string of the molecule is COc1ccc(CN(C)C(=O)CCl)cc1. The van der Waals surface area contributed by atoms with Crippen LogP contribution in [0.1, 0.15) is 5.56 Å². The minimum atomic E-state index is -0.0764. The number of benzene rings is 1. The number of amides is 1. The third-order valence-electron chi connectivity index (χ3n) is 2.12. The van der Waals surface area contributed by atoms with E-state index in [2.05, 4.69) is 0 Å². The van der Waals surface area contributed by atoms with Gasteiger partial charge in [-0.25, -0.2) is 0 Å². The van der Waals surface area contributed by atoms with E-state index in [0.717, 1.165) is 11.3 Å². The van der Waals surface area contributed by atoms with Crippen molar-refractivity contribution in [1.29, 1.82) is 0 Å². The molecule has 0 saturated carbocycles. The molecular weight excluding hydrogens is 214 g/mol. The van der Waals surface area contributed by atoms with Gasteiger partial charge in [-0.3, -0.25) is 4.79 Å². The fourth-order valence-corrected chi connectivity index (χ4v) is 1.40. The fraction of sp³-hybridized carbons (Fsp3) is 0.364. The van der Waals surface area contributed by atoms with Crippen LogP contribution < -0.4 is 4.74 Å². The normalized spacial score (nSPS) is 9.80. The second kappa shape index (κ2) is 5.61. The molecule has 0 N–H and O–H groups in total. The average Bonchev–Trinajstić information content (AvgIpc) is 2.29. The van der Waals surface area contributed by atoms with Crippen molar-refractivity contribution in [2.75, 3.05) is 20.0 Å². The molecule has 0 aromatic heterocycles. The number of ether oxygens (including phenoxy) is 1. The third-order valence-corrected chi connectivity index (χ3v) is 2.35. The topological polar surface area (TPSA) is 29.5 Å². The molecule has 1 aromatic rings. The van der Waals surface area contributed by atoms with E-state index in [1.165, 1.54) is 0 Å². The van der Waals surface area contributed by atoms with Crippen LogP contribution in [0.3, 0.4) is 0 Å². The van der Waals surface area contributed by atoms with Gasteiger partial charge in [0.05, 0.1) is 7.11 Å². The Bertz CT molecular complexity index is 324. The fourth-order valence-electron chi connectivity index (χ4n) is 1.20. The van der Waals surface area contributed by atoms with Gasteiger partial charge in [0.15, 0.2) is 0 Å². The summed E-state index contributed by atoms with van der Waals surface area (Å²) in [7, 11) is 3.35. The molecule has 0 radical (unpaired) electrons. The number of nitrogens with zero attached hydrogens (tertiary/aromatic N) is 1. The summed E-state index contributed by atoms with van der Waals surface area (Å²) in [5.41, 5.74) is 1.05. The second-order valence-corrected chi connectivity index (χ2v) is 3.50. The summed E-state index contributed by atoms with van der Waals surface area (Å²) in [5, 5.41) is 0. The number of rotatable bonds is 4. The monoisotopic (exact) mass is 227 g/mol. The van der Waals surface area contributed by atoms with Crippen LogP contribution in [0, 0.1) is 0 Å². The summed E-state index contributed by atoms with van der Waals surface area (Å²) < 4.78 is 5.04. The van der Waals surface area contributed by atoms with Gasteiger partial charge in [0, 0.05) is 13.6 Å². The van der Waals surface area contributed by atoms with Gasteiger partial charge in [0.25, 0.3) is 0 Å². The van der Waals surface area contributed by atoms with Gasteiger partial charge in [-0.15, -0.1) is 11.6 Å². The minimum Gasteiger partial charge on any atom is -0.497 e. The molecule has 82 valence electrons. The molecule has 0 heterocycles. The zero-order valence-electron chi connectivity index (χ0n) is 8.87. The molecule has 4 heteroatoms. The Kier molecular flexibility index (Phi) is 4.43. The molecule has 0 aliphatic carbocycles. The largest absolute Gasteiger partial charge is 0.497 e. The second-order valence-electron chi connectivity index (χ2n) is 3.23. The summed E-state index contributed by atoms with van der Waals surface area (Å²) in [5.74, 6) is 0.754. The number of carbonyl (C=O) groups is 1. The number of hydrogen-bond acceptors (Lipinski definition) is 2. The van der Waals surface area contributed by atoms with Gasteiger partial charge in [0.1, 0.15) is 11.6 Å². The zero-order valence-corrected chi connectivity index (χ0v) is 9.62. The van der Waals surface area contributed by atoms with Gasteiger partial charge in [-0.1, -0.05) is 12.1 Å². The molecule has 0 unspecified atom stereocenters. The van der Waals surface area contributed by atoms with E-state index in [-0.39, 0.29) is 11.8 Å². The highest BCUT2D eigenvalue weighted by molar-refractivity contribution is 6.27. The van der Waals surface area contributed by atoms with E-state index < -0.39 is 0 Å². The summed E-state index contributed by atoms with van der Waals surface area (Å²) in [6.45, 7) is 0.565. The first-order valence-corrected chi connectivity index (χ1v) is 5.13. The molecule has 0 bridgehead atoms. The van der Waals surface area contributed by atoms with Crippen molar-refractivity contribution in [2.45, 2.75) is 6.54 Å². The number of hydrogen-bond donors (Lipinski definition) is 0. The molecule has 0 aliphatic heterocycles. The maximum atomic E-state index is 11.2. The van der Waals surface area contributed by atoms with Crippen molar-refractivity contribution in [1.82, 2.24) is 4.90 Å². The Morgan fingerprint density at radius 2 is 2.00 bits per heavy atom. The lowest BCUT2D eigenvalue weighted by Gasteiger charge is -2.15. The molecule has 1 rings (SSSR count). The quantitative estimate of drug-likeness (QED) is 0.736. The van der Waals surface area contributed by atoms with Gasteiger partial charge in [-0.05, 0) is 17.7 Å². The Morgan fingerprint density at radius 1 is 1.40 bits per heavy atom. The number of alkyl halides is 1. The minimum absolute atomic E-state index is 0.0205. The van der Waals surface area contributed by atoms with Crippen molar-refractivity contribution in [3.8, 4) is 5.75 Å². The van der Waals surface area contributed by atoms with Gasteiger partial charge in [-0.2, -0.15) is 0 Å². The molecule has 1 aromatic carbocycles. The predicted octanol–water partition coefficient (Wildman–Crippen LogP) is 1.89. The lowest BCUT2D eigenvalue weighted by molar-refractivity contribution is -0.127. The first-order valence-electron chi connectivity index (χ1n) is 4.60. The molecule has 0 saturated heterocycles. The molecule has 0 spiro atoms. The highest BCUT2D eigenvalue weighted by atomic mass is 35.5. The highest BCUT2D eigenvalue weighted by Crippen LogP contribution is 2.12. The maximum absolute atomic E-state index is 11.2. The lowest BCUT2D eigenvalue weighted by atomic mass is 10.2. The third kappa shape index (κ3) is 3.44. The summed E-state index contributed by atoms with van der Waals surface area (Å²) in [6, 6.07) is 7.59. The number of methoxy groups -OCH3 is 1. The van der Waals surface area contributed by atoms with E-state index in [9.17, 15) is 4.79 Å². The van der Waals surface area contributed by atoms with Crippen LogP contribution in [0.4, 0.5) is 0 Å².